The highest BCUT2D eigenvalue weighted by Crippen LogP contribution is 2.25. The van der Waals surface area contributed by atoms with E-state index in [4.69, 9.17) is 0 Å². The molecule has 1 aliphatic rings. The molecule has 1 saturated heterocycles. The van der Waals surface area contributed by atoms with Crippen molar-refractivity contribution in [3.8, 4) is 0 Å². The van der Waals surface area contributed by atoms with E-state index in [9.17, 15) is 9.59 Å². The number of para-hydroxylation sites is 3. The lowest BCUT2D eigenvalue weighted by atomic mass is 10.0. The van der Waals surface area contributed by atoms with Gasteiger partial charge in [-0.15, -0.1) is 0 Å². The Labute approximate surface area is 168 Å². The quantitative estimate of drug-likeness (QED) is 0.584. The number of benzene rings is 2. The van der Waals surface area contributed by atoms with E-state index in [1.165, 1.54) is 0 Å². The van der Waals surface area contributed by atoms with Crippen molar-refractivity contribution in [2.45, 2.75) is 32.4 Å². The maximum Gasteiger partial charge on any atom is 0.326 e. The van der Waals surface area contributed by atoms with Crippen molar-refractivity contribution in [1.29, 1.82) is 0 Å². The zero-order valence-electron chi connectivity index (χ0n) is 16.5. The second kappa shape index (κ2) is 6.95. The molecule has 1 aliphatic heterocycles. The Morgan fingerprint density at radius 2 is 1.72 bits per heavy atom. The number of aromatic amines is 1. The number of rotatable bonds is 3. The number of fused-ring (bicyclic) bond motifs is 2. The van der Waals surface area contributed by atoms with E-state index in [1.807, 2.05) is 52.8 Å². The highest BCUT2D eigenvalue weighted by Gasteiger charge is 2.26. The normalized spacial score (nSPS) is 15.4. The van der Waals surface area contributed by atoms with Crippen LogP contribution in [0.1, 0.15) is 24.6 Å². The second-order valence-electron chi connectivity index (χ2n) is 7.86. The van der Waals surface area contributed by atoms with Crippen LogP contribution in [0.15, 0.2) is 59.4 Å². The van der Waals surface area contributed by atoms with Crippen molar-refractivity contribution in [2.24, 2.45) is 0 Å². The molecule has 148 valence electrons. The van der Waals surface area contributed by atoms with Gasteiger partial charge >= 0.3 is 5.69 Å². The Hall–Kier alpha value is -3.28. The monoisotopic (exact) mass is 388 g/mol. The van der Waals surface area contributed by atoms with Crippen molar-refractivity contribution >= 4 is 27.8 Å². The highest BCUT2D eigenvalue weighted by molar-refractivity contribution is 5.84. The number of nitrogens with zero attached hydrogens (tertiary/aromatic N) is 3. The number of nitrogens with one attached hydrogen (secondary N) is 1. The summed E-state index contributed by atoms with van der Waals surface area (Å²) >= 11 is 0. The zero-order chi connectivity index (χ0) is 20.0. The third-order valence-corrected chi connectivity index (χ3v) is 6.12. The molecule has 0 saturated carbocycles. The van der Waals surface area contributed by atoms with Crippen LogP contribution < -0.4 is 5.69 Å². The van der Waals surface area contributed by atoms with E-state index in [-0.39, 0.29) is 17.6 Å². The van der Waals surface area contributed by atoms with Gasteiger partial charge in [0.1, 0.15) is 6.54 Å². The van der Waals surface area contributed by atoms with Gasteiger partial charge in [-0.3, -0.25) is 9.36 Å². The van der Waals surface area contributed by atoms with Crippen molar-refractivity contribution in [1.82, 2.24) is 19.0 Å². The summed E-state index contributed by atoms with van der Waals surface area (Å²) in [5.74, 6) is 0.138. The number of imidazole rings is 1. The van der Waals surface area contributed by atoms with Crippen LogP contribution in [-0.4, -0.2) is 38.0 Å². The topological polar surface area (TPSA) is 63.0 Å². The number of carbonyl (C=O) groups is 1. The molecular weight excluding hydrogens is 364 g/mol. The Morgan fingerprint density at radius 3 is 2.52 bits per heavy atom. The second-order valence-corrected chi connectivity index (χ2v) is 7.86. The molecule has 4 aromatic rings. The first-order valence-corrected chi connectivity index (χ1v) is 10.1. The number of hydrogen-bond acceptors (Lipinski definition) is 2. The van der Waals surface area contributed by atoms with Gasteiger partial charge in [0, 0.05) is 30.3 Å². The minimum Gasteiger partial charge on any atom is -0.341 e. The lowest BCUT2D eigenvalue weighted by Gasteiger charge is -2.33. The van der Waals surface area contributed by atoms with Gasteiger partial charge in [-0.25, -0.2) is 4.79 Å². The van der Waals surface area contributed by atoms with Gasteiger partial charge in [0.15, 0.2) is 0 Å². The van der Waals surface area contributed by atoms with Crippen LogP contribution in [0, 0.1) is 6.92 Å². The Balaban J connectivity index is 1.31. The fourth-order valence-electron chi connectivity index (χ4n) is 4.60. The fraction of sp³-hybridized carbons (Fsp3) is 0.304. The van der Waals surface area contributed by atoms with E-state index in [0.29, 0.717) is 19.6 Å². The molecule has 0 unspecified atom stereocenters. The molecule has 6 heteroatoms. The van der Waals surface area contributed by atoms with Crippen LogP contribution >= 0.6 is 0 Å². The summed E-state index contributed by atoms with van der Waals surface area (Å²) in [6.45, 7) is 3.75. The van der Waals surface area contributed by atoms with Crippen molar-refractivity contribution < 1.29 is 4.79 Å². The average molecular weight is 388 g/mol. The first-order chi connectivity index (χ1) is 14.1. The summed E-state index contributed by atoms with van der Waals surface area (Å²) in [7, 11) is 0. The van der Waals surface area contributed by atoms with E-state index in [1.54, 1.807) is 0 Å². The van der Waals surface area contributed by atoms with Gasteiger partial charge in [-0.2, -0.15) is 0 Å². The molecule has 0 radical (unpaired) electrons. The summed E-state index contributed by atoms with van der Waals surface area (Å²) < 4.78 is 3.95. The van der Waals surface area contributed by atoms with Crippen molar-refractivity contribution in [3.05, 3.63) is 70.8 Å². The highest BCUT2D eigenvalue weighted by atomic mass is 16.2. The molecule has 3 heterocycles. The largest absolute Gasteiger partial charge is 0.341 e. The smallest absolute Gasteiger partial charge is 0.326 e. The number of amides is 1. The molecule has 0 bridgehead atoms. The van der Waals surface area contributed by atoms with Gasteiger partial charge in [0.25, 0.3) is 0 Å². The molecule has 29 heavy (non-hydrogen) atoms. The molecule has 0 atom stereocenters. The van der Waals surface area contributed by atoms with Crippen molar-refractivity contribution in [2.75, 3.05) is 13.1 Å². The van der Waals surface area contributed by atoms with Crippen LogP contribution in [-0.2, 0) is 11.3 Å². The minimum atomic E-state index is -0.0644. The van der Waals surface area contributed by atoms with Gasteiger partial charge in [0.2, 0.25) is 5.91 Å². The van der Waals surface area contributed by atoms with Gasteiger partial charge in [0.05, 0.1) is 11.0 Å². The fourth-order valence-corrected chi connectivity index (χ4v) is 4.60. The summed E-state index contributed by atoms with van der Waals surface area (Å²) in [5.41, 5.74) is 3.94. The molecular formula is C23H24N4O2. The van der Waals surface area contributed by atoms with E-state index in [2.05, 4.69) is 27.8 Å². The number of carbonyl (C=O) groups excluding carboxylic acids is 1. The third kappa shape index (κ3) is 3.05. The number of piperidine rings is 1. The maximum atomic E-state index is 13.0. The Morgan fingerprint density at radius 1 is 1.03 bits per heavy atom. The Bertz CT molecular complexity index is 1250. The summed E-state index contributed by atoms with van der Waals surface area (Å²) in [6, 6.07) is 18.2. The molecule has 1 fully saturated rings. The molecule has 1 N–H and O–H groups in total. The van der Waals surface area contributed by atoms with Gasteiger partial charge < -0.3 is 14.5 Å². The van der Waals surface area contributed by atoms with Gasteiger partial charge in [-0.1, -0.05) is 30.3 Å². The molecule has 0 spiro atoms. The maximum absolute atomic E-state index is 13.0. The lowest BCUT2D eigenvalue weighted by molar-refractivity contribution is -0.133. The van der Waals surface area contributed by atoms with Gasteiger partial charge in [-0.05, 0) is 49.4 Å². The summed E-state index contributed by atoms with van der Waals surface area (Å²) in [5, 5.41) is 1.16. The first kappa shape index (κ1) is 17.8. The number of aromatic nitrogens is 3. The summed E-state index contributed by atoms with van der Waals surface area (Å²) in [6.07, 6.45) is 1.58. The van der Waals surface area contributed by atoms with Crippen LogP contribution in [0.4, 0.5) is 0 Å². The van der Waals surface area contributed by atoms with Crippen LogP contribution in [0.25, 0.3) is 21.9 Å². The average Bonchev–Trinajstić information content (AvgIpc) is 3.24. The molecule has 5 rings (SSSR count). The predicted molar refractivity (Wildman–Crippen MR) is 114 cm³/mol. The lowest BCUT2D eigenvalue weighted by Crippen LogP contribution is -2.42. The summed E-state index contributed by atoms with van der Waals surface area (Å²) in [4.78, 5) is 30.3. The SMILES string of the molecule is Cc1cc2ccccc2n1CC(=O)N1CCC(n2c(=O)[nH]c3ccccc32)CC1. The molecule has 2 aromatic heterocycles. The third-order valence-electron chi connectivity index (χ3n) is 6.12. The van der Waals surface area contributed by atoms with E-state index >= 15 is 0 Å². The molecule has 2 aromatic carbocycles. The standard InChI is InChI=1S/C23H24N4O2/c1-16-14-17-6-2-4-8-20(17)26(16)15-22(28)25-12-10-18(11-13-25)27-21-9-5-3-7-19(21)24-23(27)29/h2-9,14,18H,10-13,15H2,1H3,(H,24,29). The van der Waals surface area contributed by atoms with Crippen LogP contribution in [0.3, 0.4) is 0 Å². The number of aryl methyl sites for hydroxylation is 1. The molecule has 6 nitrogen and oxygen atoms in total. The van der Waals surface area contributed by atoms with Crippen LogP contribution in [0.2, 0.25) is 0 Å². The van der Waals surface area contributed by atoms with E-state index < -0.39 is 0 Å². The van der Waals surface area contributed by atoms with Crippen LogP contribution in [0.5, 0.6) is 0 Å². The minimum absolute atomic E-state index is 0.0644. The molecule has 1 amide bonds. The zero-order valence-corrected chi connectivity index (χ0v) is 16.5. The predicted octanol–water partition coefficient (Wildman–Crippen LogP) is 3.46. The van der Waals surface area contributed by atoms with E-state index in [0.717, 1.165) is 40.5 Å². The number of H-pyrrole nitrogens is 1. The van der Waals surface area contributed by atoms with Crippen molar-refractivity contribution in [3.63, 3.8) is 0 Å². The molecule has 0 aliphatic carbocycles. The Kier molecular flexibility index (Phi) is 4.27. The number of likely N-dealkylation sites (tertiary alicyclic amines) is 1. The first-order valence-electron chi connectivity index (χ1n) is 10.1. The number of hydrogen-bond donors (Lipinski definition) is 1.